The SMILES string of the molecule is O=C(Nc1ccccc1N1CCCC1)C1C2CC3CC(C2)CC1C3. The number of anilines is 2. The topological polar surface area (TPSA) is 32.3 Å². The van der Waals surface area contributed by atoms with Gasteiger partial charge in [-0.25, -0.2) is 0 Å². The zero-order chi connectivity index (χ0) is 16.1. The summed E-state index contributed by atoms with van der Waals surface area (Å²) in [6.07, 6.45) is 9.18. The Morgan fingerprint density at radius 1 is 0.917 bits per heavy atom. The second-order valence-electron chi connectivity index (χ2n) is 8.66. The summed E-state index contributed by atoms with van der Waals surface area (Å²) in [5.74, 6) is 3.72. The van der Waals surface area contributed by atoms with E-state index in [0.717, 1.165) is 30.6 Å². The average Bonchev–Trinajstić information content (AvgIpc) is 3.08. The lowest BCUT2D eigenvalue weighted by molar-refractivity contribution is -0.132. The van der Waals surface area contributed by atoms with Crippen LogP contribution >= 0.6 is 0 Å². The van der Waals surface area contributed by atoms with Crippen LogP contribution in [-0.4, -0.2) is 19.0 Å². The van der Waals surface area contributed by atoms with Crippen molar-refractivity contribution in [3.8, 4) is 0 Å². The minimum absolute atomic E-state index is 0.268. The molecule has 0 radical (unpaired) electrons. The molecule has 1 N–H and O–H groups in total. The number of nitrogens with one attached hydrogen (secondary N) is 1. The summed E-state index contributed by atoms with van der Waals surface area (Å²) < 4.78 is 0. The van der Waals surface area contributed by atoms with Crippen LogP contribution in [0.2, 0.25) is 0 Å². The summed E-state index contributed by atoms with van der Waals surface area (Å²) in [7, 11) is 0. The number of rotatable bonds is 3. The Labute approximate surface area is 144 Å². The number of amides is 1. The number of carbonyl (C=O) groups is 1. The third kappa shape index (κ3) is 2.44. The average molecular weight is 324 g/mol. The van der Waals surface area contributed by atoms with Crippen LogP contribution in [0.1, 0.15) is 44.9 Å². The highest BCUT2D eigenvalue weighted by Crippen LogP contribution is 2.56. The maximum absolute atomic E-state index is 13.1. The molecule has 1 aromatic carbocycles. The van der Waals surface area contributed by atoms with Crippen molar-refractivity contribution in [1.82, 2.24) is 0 Å². The number of para-hydroxylation sites is 2. The monoisotopic (exact) mass is 324 g/mol. The molecule has 0 unspecified atom stereocenters. The predicted molar refractivity (Wildman–Crippen MR) is 97.1 cm³/mol. The Morgan fingerprint density at radius 2 is 1.54 bits per heavy atom. The van der Waals surface area contributed by atoms with E-state index in [1.807, 2.05) is 6.07 Å². The van der Waals surface area contributed by atoms with Crippen LogP contribution in [0.5, 0.6) is 0 Å². The highest BCUT2D eigenvalue weighted by atomic mass is 16.1. The number of nitrogens with zero attached hydrogens (tertiary/aromatic N) is 1. The highest BCUT2D eigenvalue weighted by Gasteiger charge is 2.50. The number of hydrogen-bond acceptors (Lipinski definition) is 2. The van der Waals surface area contributed by atoms with Gasteiger partial charge in [-0.3, -0.25) is 4.79 Å². The third-order valence-electron chi connectivity index (χ3n) is 7.14. The lowest BCUT2D eigenvalue weighted by Crippen LogP contribution is -2.49. The second-order valence-corrected chi connectivity index (χ2v) is 8.66. The van der Waals surface area contributed by atoms with Crippen molar-refractivity contribution in [2.45, 2.75) is 44.9 Å². The molecular formula is C21H28N2O. The molecule has 0 spiro atoms. The summed E-state index contributed by atoms with van der Waals surface area (Å²) in [4.78, 5) is 15.6. The van der Waals surface area contributed by atoms with Crippen LogP contribution in [0.25, 0.3) is 0 Å². The van der Waals surface area contributed by atoms with Gasteiger partial charge < -0.3 is 10.2 Å². The first-order valence-electron chi connectivity index (χ1n) is 9.93. The Hall–Kier alpha value is -1.51. The lowest BCUT2D eigenvalue weighted by Gasteiger charge is -2.53. The van der Waals surface area contributed by atoms with Crippen LogP contribution < -0.4 is 10.2 Å². The van der Waals surface area contributed by atoms with Gasteiger partial charge in [0.15, 0.2) is 0 Å². The van der Waals surface area contributed by atoms with Gasteiger partial charge >= 0.3 is 0 Å². The fraction of sp³-hybridized carbons (Fsp3) is 0.667. The van der Waals surface area contributed by atoms with Crippen molar-refractivity contribution >= 4 is 17.3 Å². The third-order valence-corrected chi connectivity index (χ3v) is 7.14. The van der Waals surface area contributed by atoms with E-state index in [0.29, 0.717) is 17.7 Å². The maximum atomic E-state index is 13.1. The van der Waals surface area contributed by atoms with Gasteiger partial charge in [0.25, 0.3) is 0 Å². The van der Waals surface area contributed by atoms with E-state index in [4.69, 9.17) is 0 Å². The van der Waals surface area contributed by atoms with Gasteiger partial charge in [0, 0.05) is 19.0 Å². The van der Waals surface area contributed by atoms with Crippen LogP contribution in [0.4, 0.5) is 11.4 Å². The molecule has 1 heterocycles. The van der Waals surface area contributed by atoms with Gasteiger partial charge in [0.1, 0.15) is 0 Å². The van der Waals surface area contributed by atoms with Crippen molar-refractivity contribution in [1.29, 1.82) is 0 Å². The minimum Gasteiger partial charge on any atom is -0.370 e. The van der Waals surface area contributed by atoms with E-state index in [2.05, 4.69) is 28.4 Å². The normalized spacial score (nSPS) is 37.0. The second kappa shape index (κ2) is 5.79. The predicted octanol–water partition coefficient (Wildman–Crippen LogP) is 4.30. The molecule has 5 aliphatic rings. The smallest absolute Gasteiger partial charge is 0.228 e. The Balaban J connectivity index is 1.36. The summed E-state index contributed by atoms with van der Waals surface area (Å²) in [5, 5.41) is 3.33. The van der Waals surface area contributed by atoms with Gasteiger partial charge in [0.05, 0.1) is 11.4 Å². The summed E-state index contributed by atoms with van der Waals surface area (Å²) in [6, 6.07) is 8.39. The molecule has 24 heavy (non-hydrogen) atoms. The minimum atomic E-state index is 0.268. The molecule has 0 atom stereocenters. The standard InChI is InChI=1S/C21H28N2O/c24-21(20-16-10-14-9-15(12-16)13-17(20)11-14)22-18-5-1-2-6-19(18)23-7-3-4-8-23/h1-2,5-6,14-17,20H,3-4,7-13H2,(H,22,24). The number of carbonyl (C=O) groups excluding carboxylic acids is 1. The first kappa shape index (κ1) is 14.8. The van der Waals surface area contributed by atoms with E-state index in [-0.39, 0.29) is 5.92 Å². The van der Waals surface area contributed by atoms with E-state index < -0.39 is 0 Å². The van der Waals surface area contributed by atoms with Crippen molar-refractivity contribution in [3.05, 3.63) is 24.3 Å². The lowest BCUT2D eigenvalue weighted by atomic mass is 9.51. The van der Waals surface area contributed by atoms with Gasteiger partial charge in [-0.15, -0.1) is 0 Å². The Kier molecular flexibility index (Phi) is 3.57. The fourth-order valence-electron chi connectivity index (χ4n) is 6.38. The molecule has 1 aromatic rings. The molecule has 6 rings (SSSR count). The summed E-state index contributed by atoms with van der Waals surface area (Å²) in [6.45, 7) is 2.23. The molecule has 3 nitrogen and oxygen atoms in total. The molecule has 4 bridgehead atoms. The van der Waals surface area contributed by atoms with Gasteiger partial charge in [-0.05, 0) is 80.8 Å². The largest absolute Gasteiger partial charge is 0.370 e. The first-order valence-corrected chi connectivity index (χ1v) is 9.93. The molecule has 1 saturated heterocycles. The molecule has 1 aliphatic heterocycles. The fourth-order valence-corrected chi connectivity index (χ4v) is 6.38. The first-order chi connectivity index (χ1) is 11.8. The highest BCUT2D eigenvalue weighted by molar-refractivity contribution is 5.96. The summed E-state index contributed by atoms with van der Waals surface area (Å²) in [5.41, 5.74) is 2.24. The number of hydrogen-bond donors (Lipinski definition) is 1. The van der Waals surface area contributed by atoms with Crippen molar-refractivity contribution in [3.63, 3.8) is 0 Å². The molecule has 0 aromatic heterocycles. The molecule has 3 heteroatoms. The molecule has 4 saturated carbocycles. The van der Waals surface area contributed by atoms with E-state index in [1.54, 1.807) is 0 Å². The summed E-state index contributed by atoms with van der Waals surface area (Å²) >= 11 is 0. The van der Waals surface area contributed by atoms with Gasteiger partial charge in [-0.1, -0.05) is 12.1 Å². The van der Waals surface area contributed by atoms with Crippen LogP contribution in [-0.2, 0) is 4.79 Å². The van der Waals surface area contributed by atoms with Crippen LogP contribution in [0.15, 0.2) is 24.3 Å². The van der Waals surface area contributed by atoms with Crippen molar-refractivity contribution in [2.75, 3.05) is 23.3 Å². The molecule has 1 amide bonds. The molecule has 4 aliphatic carbocycles. The maximum Gasteiger partial charge on any atom is 0.228 e. The zero-order valence-corrected chi connectivity index (χ0v) is 14.4. The molecule has 5 fully saturated rings. The van der Waals surface area contributed by atoms with Gasteiger partial charge in [0.2, 0.25) is 5.91 Å². The van der Waals surface area contributed by atoms with Crippen molar-refractivity contribution < 1.29 is 4.79 Å². The van der Waals surface area contributed by atoms with E-state index in [9.17, 15) is 4.79 Å². The van der Waals surface area contributed by atoms with E-state index in [1.165, 1.54) is 50.6 Å². The molecular weight excluding hydrogens is 296 g/mol. The number of benzene rings is 1. The molecule has 128 valence electrons. The van der Waals surface area contributed by atoms with Crippen LogP contribution in [0, 0.1) is 29.6 Å². The van der Waals surface area contributed by atoms with Crippen molar-refractivity contribution in [2.24, 2.45) is 29.6 Å². The zero-order valence-electron chi connectivity index (χ0n) is 14.4. The Bertz CT molecular complexity index is 606. The Morgan fingerprint density at radius 3 is 2.21 bits per heavy atom. The van der Waals surface area contributed by atoms with Gasteiger partial charge in [-0.2, -0.15) is 0 Å². The quantitative estimate of drug-likeness (QED) is 0.899. The van der Waals surface area contributed by atoms with E-state index >= 15 is 0 Å². The van der Waals surface area contributed by atoms with Crippen LogP contribution in [0.3, 0.4) is 0 Å².